The maximum atomic E-state index is 2.37. The van der Waals surface area contributed by atoms with E-state index in [9.17, 15) is 0 Å². The number of hydrogen-bond donors (Lipinski definition) is 0. The van der Waals surface area contributed by atoms with Crippen LogP contribution in [-0.4, -0.2) is 30.1 Å². The van der Waals surface area contributed by atoms with Gasteiger partial charge in [0.05, 0.1) is 6.67 Å². The lowest BCUT2D eigenvalue weighted by Crippen LogP contribution is -2.30. The molecular weight excluding hydrogens is 148 g/mol. The van der Waals surface area contributed by atoms with Crippen molar-refractivity contribution in [3.05, 3.63) is 11.9 Å². The van der Waals surface area contributed by atoms with Crippen LogP contribution in [0.15, 0.2) is 11.9 Å². The topological polar surface area (TPSA) is 6.48 Å². The van der Waals surface area contributed by atoms with E-state index in [2.05, 4.69) is 50.7 Å². The highest BCUT2D eigenvalue weighted by molar-refractivity contribution is 5.02. The van der Waals surface area contributed by atoms with Crippen LogP contribution in [0.1, 0.15) is 27.7 Å². The van der Waals surface area contributed by atoms with Crippen molar-refractivity contribution in [3.8, 4) is 0 Å². The van der Waals surface area contributed by atoms with Crippen molar-refractivity contribution in [2.75, 3.05) is 20.3 Å². The Kier molecular flexibility index (Phi) is 2.36. The Bertz CT molecular complexity index is 189. The molecule has 0 bridgehead atoms. The van der Waals surface area contributed by atoms with Gasteiger partial charge < -0.3 is 9.80 Å². The zero-order valence-corrected chi connectivity index (χ0v) is 8.89. The molecule has 0 aromatic carbocycles. The van der Waals surface area contributed by atoms with Gasteiger partial charge in [0.2, 0.25) is 0 Å². The standard InChI is InChI=1S/C10H20N2/c1-9-6-12(8-11(9)5)7-10(2,3)4/h6H,7-8H2,1-5H3. The molecule has 1 rings (SSSR count). The first-order valence-corrected chi connectivity index (χ1v) is 4.52. The summed E-state index contributed by atoms with van der Waals surface area (Å²) in [4.78, 5) is 4.64. The summed E-state index contributed by atoms with van der Waals surface area (Å²) >= 11 is 0. The van der Waals surface area contributed by atoms with Gasteiger partial charge in [0.15, 0.2) is 0 Å². The molecule has 1 heterocycles. The third kappa shape index (κ3) is 2.43. The van der Waals surface area contributed by atoms with Gasteiger partial charge in [-0.25, -0.2) is 0 Å². The summed E-state index contributed by atoms with van der Waals surface area (Å²) in [5.74, 6) is 0. The normalized spacial score (nSPS) is 18.6. The molecular formula is C10H20N2. The zero-order valence-electron chi connectivity index (χ0n) is 8.89. The summed E-state index contributed by atoms with van der Waals surface area (Å²) in [5.41, 5.74) is 1.75. The number of hydrogen-bond acceptors (Lipinski definition) is 2. The molecule has 2 nitrogen and oxygen atoms in total. The second kappa shape index (κ2) is 3.00. The van der Waals surface area contributed by atoms with Crippen LogP contribution in [0.5, 0.6) is 0 Å². The van der Waals surface area contributed by atoms with E-state index in [1.165, 1.54) is 5.70 Å². The van der Waals surface area contributed by atoms with E-state index in [-0.39, 0.29) is 0 Å². The van der Waals surface area contributed by atoms with Crippen LogP contribution >= 0.6 is 0 Å². The van der Waals surface area contributed by atoms with E-state index < -0.39 is 0 Å². The van der Waals surface area contributed by atoms with Crippen molar-refractivity contribution in [1.82, 2.24) is 9.80 Å². The number of rotatable bonds is 1. The largest absolute Gasteiger partial charge is 0.359 e. The van der Waals surface area contributed by atoms with E-state index >= 15 is 0 Å². The minimum atomic E-state index is 0.391. The third-order valence-electron chi connectivity index (χ3n) is 2.04. The predicted octanol–water partition coefficient (Wildman–Crippen LogP) is 2.10. The molecule has 0 saturated heterocycles. The second-order valence-corrected chi connectivity index (χ2v) is 4.92. The first-order chi connectivity index (χ1) is 5.38. The summed E-state index contributed by atoms with van der Waals surface area (Å²) in [6.45, 7) is 11.2. The lowest BCUT2D eigenvalue weighted by Gasteiger charge is -2.27. The Morgan fingerprint density at radius 2 is 2.00 bits per heavy atom. The first-order valence-electron chi connectivity index (χ1n) is 4.52. The van der Waals surface area contributed by atoms with Gasteiger partial charge >= 0.3 is 0 Å². The Balaban J connectivity index is 2.48. The molecule has 0 aromatic rings. The predicted molar refractivity (Wildman–Crippen MR) is 52.5 cm³/mol. The monoisotopic (exact) mass is 168 g/mol. The fraction of sp³-hybridized carbons (Fsp3) is 0.800. The van der Waals surface area contributed by atoms with Crippen LogP contribution in [-0.2, 0) is 0 Å². The molecule has 0 saturated carbocycles. The van der Waals surface area contributed by atoms with Crippen LogP contribution in [0.3, 0.4) is 0 Å². The fourth-order valence-corrected chi connectivity index (χ4v) is 1.49. The maximum absolute atomic E-state index is 2.37. The third-order valence-corrected chi connectivity index (χ3v) is 2.04. The van der Waals surface area contributed by atoms with Crippen molar-refractivity contribution in [3.63, 3.8) is 0 Å². The van der Waals surface area contributed by atoms with Crippen LogP contribution in [0, 0.1) is 5.41 Å². The van der Waals surface area contributed by atoms with Gasteiger partial charge in [0, 0.05) is 25.5 Å². The van der Waals surface area contributed by atoms with E-state index in [1.54, 1.807) is 0 Å². The lowest BCUT2D eigenvalue weighted by atomic mass is 9.96. The van der Waals surface area contributed by atoms with E-state index in [0.29, 0.717) is 5.41 Å². The van der Waals surface area contributed by atoms with Gasteiger partial charge in [-0.2, -0.15) is 0 Å². The van der Waals surface area contributed by atoms with Gasteiger partial charge in [0.1, 0.15) is 0 Å². The number of nitrogens with zero attached hydrogens (tertiary/aromatic N) is 2. The van der Waals surface area contributed by atoms with Gasteiger partial charge in [-0.1, -0.05) is 20.8 Å². The Labute approximate surface area is 75.8 Å². The molecule has 0 amide bonds. The van der Waals surface area contributed by atoms with Gasteiger partial charge in [-0.3, -0.25) is 0 Å². The highest BCUT2D eigenvalue weighted by Gasteiger charge is 2.19. The van der Waals surface area contributed by atoms with Crippen molar-refractivity contribution in [2.24, 2.45) is 5.41 Å². The van der Waals surface area contributed by atoms with Gasteiger partial charge in [-0.05, 0) is 12.3 Å². The van der Waals surface area contributed by atoms with Gasteiger partial charge in [-0.15, -0.1) is 0 Å². The van der Waals surface area contributed by atoms with E-state index in [0.717, 1.165) is 13.2 Å². The molecule has 0 spiro atoms. The highest BCUT2D eigenvalue weighted by Crippen LogP contribution is 2.20. The highest BCUT2D eigenvalue weighted by atomic mass is 15.3. The van der Waals surface area contributed by atoms with E-state index in [1.807, 2.05) is 0 Å². The van der Waals surface area contributed by atoms with Crippen LogP contribution < -0.4 is 0 Å². The van der Waals surface area contributed by atoms with Gasteiger partial charge in [0.25, 0.3) is 0 Å². The zero-order chi connectivity index (χ0) is 9.35. The van der Waals surface area contributed by atoms with Crippen LogP contribution in [0.4, 0.5) is 0 Å². The summed E-state index contributed by atoms with van der Waals surface area (Å²) in [7, 11) is 2.13. The molecule has 0 aromatic heterocycles. The molecule has 1 aliphatic rings. The smallest absolute Gasteiger partial charge is 0.0893 e. The average Bonchev–Trinajstić information content (AvgIpc) is 2.07. The Hall–Kier alpha value is -0.660. The molecule has 1 aliphatic heterocycles. The summed E-state index contributed by atoms with van der Waals surface area (Å²) < 4.78 is 0. The molecule has 70 valence electrons. The molecule has 0 radical (unpaired) electrons. The van der Waals surface area contributed by atoms with E-state index in [4.69, 9.17) is 0 Å². The average molecular weight is 168 g/mol. The summed E-state index contributed by atoms with van der Waals surface area (Å²) in [6.07, 6.45) is 2.24. The molecule has 12 heavy (non-hydrogen) atoms. The minimum Gasteiger partial charge on any atom is -0.359 e. The second-order valence-electron chi connectivity index (χ2n) is 4.92. The van der Waals surface area contributed by atoms with Crippen LogP contribution in [0.25, 0.3) is 0 Å². The molecule has 0 unspecified atom stereocenters. The summed E-state index contributed by atoms with van der Waals surface area (Å²) in [5, 5.41) is 0. The molecule has 0 fully saturated rings. The Morgan fingerprint density at radius 1 is 1.42 bits per heavy atom. The SMILES string of the molecule is CC1=CN(CC(C)(C)C)CN1C. The van der Waals surface area contributed by atoms with Crippen molar-refractivity contribution < 1.29 is 0 Å². The van der Waals surface area contributed by atoms with Crippen molar-refractivity contribution in [1.29, 1.82) is 0 Å². The molecule has 2 heteroatoms. The molecule has 0 aliphatic carbocycles. The first kappa shape index (κ1) is 9.43. The Morgan fingerprint density at radius 3 is 2.33 bits per heavy atom. The quantitative estimate of drug-likeness (QED) is 0.591. The lowest BCUT2D eigenvalue weighted by molar-refractivity contribution is 0.216. The fourth-order valence-electron chi connectivity index (χ4n) is 1.49. The molecule has 0 N–H and O–H groups in total. The number of allylic oxidation sites excluding steroid dienone is 1. The minimum absolute atomic E-state index is 0.391. The van der Waals surface area contributed by atoms with Crippen molar-refractivity contribution >= 4 is 0 Å². The maximum Gasteiger partial charge on any atom is 0.0893 e. The van der Waals surface area contributed by atoms with Crippen LogP contribution in [0.2, 0.25) is 0 Å². The summed E-state index contributed by atoms with van der Waals surface area (Å²) in [6, 6.07) is 0. The molecule has 0 atom stereocenters. The van der Waals surface area contributed by atoms with Crippen molar-refractivity contribution in [2.45, 2.75) is 27.7 Å².